The molecular formula is C15H19N3O. The molecule has 3 rings (SSSR count). The topological polar surface area (TPSA) is 49.9 Å². The molecule has 4 heteroatoms. The molecule has 0 amide bonds. The molecule has 0 saturated heterocycles. The van der Waals surface area contributed by atoms with Crippen LogP contribution >= 0.6 is 0 Å². The third-order valence-electron chi connectivity index (χ3n) is 3.65. The van der Waals surface area contributed by atoms with E-state index in [1.807, 2.05) is 24.5 Å². The van der Waals surface area contributed by atoms with Gasteiger partial charge in [0.05, 0.1) is 13.3 Å². The molecule has 4 nitrogen and oxygen atoms in total. The Morgan fingerprint density at radius 3 is 2.74 bits per heavy atom. The van der Waals surface area contributed by atoms with E-state index < -0.39 is 0 Å². The predicted octanol–water partition coefficient (Wildman–Crippen LogP) is 2.66. The summed E-state index contributed by atoms with van der Waals surface area (Å²) in [7, 11) is 1.70. The lowest BCUT2D eigenvalue weighted by Gasteiger charge is -2.18. The molecule has 1 atom stereocenters. The lowest BCUT2D eigenvalue weighted by atomic mass is 10.0. The Kier molecular flexibility index (Phi) is 3.51. The van der Waals surface area contributed by atoms with E-state index in [2.05, 4.69) is 27.6 Å². The third kappa shape index (κ3) is 2.96. The number of H-pyrrole nitrogens is 1. The first kappa shape index (κ1) is 12.2. The minimum atomic E-state index is 0.431. The minimum Gasteiger partial charge on any atom is -0.497 e. The summed E-state index contributed by atoms with van der Waals surface area (Å²) in [4.78, 5) is 0. The van der Waals surface area contributed by atoms with Crippen molar-refractivity contribution < 1.29 is 4.74 Å². The van der Waals surface area contributed by atoms with Gasteiger partial charge in [0, 0.05) is 24.3 Å². The summed E-state index contributed by atoms with van der Waals surface area (Å²) < 4.78 is 5.21. The summed E-state index contributed by atoms with van der Waals surface area (Å²) in [5, 5.41) is 10.5. The number of hydrogen-bond donors (Lipinski definition) is 2. The van der Waals surface area contributed by atoms with E-state index in [1.165, 1.54) is 24.0 Å². The number of methoxy groups -OCH3 is 1. The lowest BCUT2D eigenvalue weighted by molar-refractivity contribution is 0.413. The van der Waals surface area contributed by atoms with Gasteiger partial charge < -0.3 is 10.1 Å². The van der Waals surface area contributed by atoms with Gasteiger partial charge in [-0.05, 0) is 36.5 Å². The van der Waals surface area contributed by atoms with Crippen molar-refractivity contribution in [1.29, 1.82) is 0 Å². The van der Waals surface area contributed by atoms with Gasteiger partial charge in [0.15, 0.2) is 0 Å². The molecule has 1 heterocycles. The van der Waals surface area contributed by atoms with Crippen LogP contribution < -0.4 is 10.1 Å². The van der Waals surface area contributed by atoms with Crippen molar-refractivity contribution in [2.24, 2.45) is 5.92 Å². The normalized spacial score (nSPS) is 16.3. The zero-order valence-electron chi connectivity index (χ0n) is 11.1. The molecule has 1 fully saturated rings. The molecule has 100 valence electrons. The van der Waals surface area contributed by atoms with Crippen molar-refractivity contribution in [3.8, 4) is 5.75 Å². The summed E-state index contributed by atoms with van der Waals surface area (Å²) in [6.45, 7) is 0.851. The standard InChI is InChI=1S/C15H19N3O/c1-19-14-6-4-13(5-7-14)15(12-2-3-12)16-8-11-9-17-18-10-11/h4-7,9-10,12,15-16H,2-3,8H2,1H3,(H,17,18). The van der Waals surface area contributed by atoms with Gasteiger partial charge in [-0.2, -0.15) is 5.10 Å². The van der Waals surface area contributed by atoms with Gasteiger partial charge in [0.2, 0.25) is 0 Å². The highest BCUT2D eigenvalue weighted by Crippen LogP contribution is 2.41. The highest BCUT2D eigenvalue weighted by Gasteiger charge is 2.31. The van der Waals surface area contributed by atoms with Gasteiger partial charge in [0.1, 0.15) is 5.75 Å². The molecule has 0 radical (unpaired) electrons. The second-order valence-corrected chi connectivity index (χ2v) is 5.08. The number of rotatable bonds is 6. The number of nitrogens with zero attached hydrogens (tertiary/aromatic N) is 1. The molecule has 1 aromatic carbocycles. The van der Waals surface area contributed by atoms with Crippen molar-refractivity contribution in [1.82, 2.24) is 15.5 Å². The van der Waals surface area contributed by atoms with Crippen LogP contribution in [-0.2, 0) is 6.54 Å². The van der Waals surface area contributed by atoms with E-state index in [0.717, 1.165) is 18.2 Å². The van der Waals surface area contributed by atoms with E-state index in [4.69, 9.17) is 4.74 Å². The van der Waals surface area contributed by atoms with Crippen LogP contribution in [0.2, 0.25) is 0 Å². The van der Waals surface area contributed by atoms with E-state index in [0.29, 0.717) is 6.04 Å². The molecule has 1 unspecified atom stereocenters. The maximum Gasteiger partial charge on any atom is 0.118 e. The fraction of sp³-hybridized carbons (Fsp3) is 0.400. The van der Waals surface area contributed by atoms with Crippen LogP contribution in [0.15, 0.2) is 36.7 Å². The quantitative estimate of drug-likeness (QED) is 0.836. The smallest absolute Gasteiger partial charge is 0.118 e. The first-order chi connectivity index (χ1) is 9.36. The van der Waals surface area contributed by atoms with Crippen LogP contribution in [0.1, 0.15) is 30.0 Å². The van der Waals surface area contributed by atoms with Crippen LogP contribution in [-0.4, -0.2) is 17.3 Å². The van der Waals surface area contributed by atoms with Gasteiger partial charge in [0.25, 0.3) is 0 Å². The van der Waals surface area contributed by atoms with Crippen LogP contribution in [0.5, 0.6) is 5.75 Å². The Bertz CT molecular complexity index is 503. The molecular weight excluding hydrogens is 238 g/mol. The zero-order valence-corrected chi connectivity index (χ0v) is 11.1. The number of benzene rings is 1. The maximum atomic E-state index is 5.21. The highest BCUT2D eigenvalue weighted by atomic mass is 16.5. The first-order valence-corrected chi connectivity index (χ1v) is 6.72. The molecule has 0 aliphatic heterocycles. The summed E-state index contributed by atoms with van der Waals surface area (Å²) >= 11 is 0. The Morgan fingerprint density at radius 2 is 2.16 bits per heavy atom. The number of nitrogens with one attached hydrogen (secondary N) is 2. The van der Waals surface area contributed by atoms with Gasteiger partial charge in [-0.15, -0.1) is 0 Å². The van der Waals surface area contributed by atoms with Gasteiger partial charge >= 0.3 is 0 Å². The Hall–Kier alpha value is -1.81. The fourth-order valence-electron chi connectivity index (χ4n) is 2.40. The second-order valence-electron chi connectivity index (χ2n) is 5.08. The second kappa shape index (κ2) is 5.45. The largest absolute Gasteiger partial charge is 0.497 e. The number of ether oxygens (including phenoxy) is 1. The number of hydrogen-bond acceptors (Lipinski definition) is 3. The van der Waals surface area contributed by atoms with Crippen molar-refractivity contribution in [2.75, 3.05) is 7.11 Å². The Balaban J connectivity index is 1.69. The maximum absolute atomic E-state index is 5.21. The summed E-state index contributed by atoms with van der Waals surface area (Å²) in [6.07, 6.45) is 6.43. The number of aromatic amines is 1. The van der Waals surface area contributed by atoms with Crippen molar-refractivity contribution in [3.63, 3.8) is 0 Å². The Morgan fingerprint density at radius 1 is 1.37 bits per heavy atom. The average molecular weight is 257 g/mol. The van der Waals surface area contributed by atoms with E-state index >= 15 is 0 Å². The SMILES string of the molecule is COc1ccc(C(NCc2cn[nH]c2)C2CC2)cc1. The molecule has 2 aromatic rings. The summed E-state index contributed by atoms with van der Waals surface area (Å²) in [6, 6.07) is 8.81. The monoisotopic (exact) mass is 257 g/mol. The molecule has 0 spiro atoms. The molecule has 1 aliphatic rings. The van der Waals surface area contributed by atoms with Gasteiger partial charge in [-0.25, -0.2) is 0 Å². The van der Waals surface area contributed by atoms with Crippen molar-refractivity contribution in [2.45, 2.75) is 25.4 Å². The molecule has 1 saturated carbocycles. The van der Waals surface area contributed by atoms with Crippen LogP contribution in [0.4, 0.5) is 0 Å². The van der Waals surface area contributed by atoms with Crippen molar-refractivity contribution in [3.05, 3.63) is 47.8 Å². The van der Waals surface area contributed by atoms with Gasteiger partial charge in [-0.3, -0.25) is 5.10 Å². The molecule has 0 bridgehead atoms. The third-order valence-corrected chi connectivity index (χ3v) is 3.65. The average Bonchev–Trinajstić information content (AvgIpc) is 3.15. The lowest BCUT2D eigenvalue weighted by Crippen LogP contribution is -2.22. The van der Waals surface area contributed by atoms with E-state index in [-0.39, 0.29) is 0 Å². The zero-order chi connectivity index (χ0) is 13.1. The highest BCUT2D eigenvalue weighted by molar-refractivity contribution is 5.30. The fourth-order valence-corrected chi connectivity index (χ4v) is 2.40. The molecule has 2 N–H and O–H groups in total. The van der Waals surface area contributed by atoms with Crippen molar-refractivity contribution >= 4 is 0 Å². The van der Waals surface area contributed by atoms with Crippen LogP contribution in [0.25, 0.3) is 0 Å². The van der Waals surface area contributed by atoms with E-state index in [1.54, 1.807) is 7.11 Å². The summed E-state index contributed by atoms with van der Waals surface area (Å²) in [5.41, 5.74) is 2.53. The van der Waals surface area contributed by atoms with E-state index in [9.17, 15) is 0 Å². The minimum absolute atomic E-state index is 0.431. The Labute approximate surface area is 113 Å². The summed E-state index contributed by atoms with van der Waals surface area (Å²) in [5.74, 6) is 1.67. The molecule has 19 heavy (non-hydrogen) atoms. The molecule has 1 aliphatic carbocycles. The first-order valence-electron chi connectivity index (χ1n) is 6.72. The van der Waals surface area contributed by atoms with Crippen LogP contribution in [0.3, 0.4) is 0 Å². The number of aromatic nitrogens is 2. The van der Waals surface area contributed by atoms with Gasteiger partial charge in [-0.1, -0.05) is 12.1 Å². The molecule has 1 aromatic heterocycles. The predicted molar refractivity (Wildman–Crippen MR) is 73.9 cm³/mol. The van der Waals surface area contributed by atoms with Crippen LogP contribution in [0, 0.1) is 5.92 Å².